The summed E-state index contributed by atoms with van der Waals surface area (Å²) < 4.78 is 11.1. The van der Waals surface area contributed by atoms with Gasteiger partial charge in [-0.1, -0.05) is 24.2 Å². The third-order valence-electron chi connectivity index (χ3n) is 6.69. The number of hydrogen-bond donors (Lipinski definition) is 1. The average molecular weight is 532 g/mol. The van der Waals surface area contributed by atoms with E-state index in [9.17, 15) is 20.0 Å². The summed E-state index contributed by atoms with van der Waals surface area (Å²) in [6, 6.07) is 13.3. The first-order valence-electron chi connectivity index (χ1n) is 13.0. The van der Waals surface area contributed by atoms with Crippen molar-refractivity contribution in [3.63, 3.8) is 0 Å². The highest BCUT2D eigenvalue weighted by Crippen LogP contribution is 2.29. The molecule has 2 amide bonds. The number of aromatic nitrogens is 2. The summed E-state index contributed by atoms with van der Waals surface area (Å²) in [6.07, 6.45) is 1.04. The third kappa shape index (κ3) is 6.37. The predicted octanol–water partition coefficient (Wildman–Crippen LogP) is 4.77. The Hall–Kier alpha value is -4.39. The van der Waals surface area contributed by atoms with Crippen LogP contribution in [0.25, 0.3) is 22.8 Å². The molecule has 39 heavy (non-hydrogen) atoms. The van der Waals surface area contributed by atoms with Gasteiger partial charge in [0.15, 0.2) is 0 Å². The zero-order chi connectivity index (χ0) is 28.2. The Bertz CT molecular complexity index is 1400. The van der Waals surface area contributed by atoms with Gasteiger partial charge in [-0.15, -0.1) is 0 Å². The van der Waals surface area contributed by atoms with Gasteiger partial charge < -0.3 is 19.3 Å². The smallest absolute Gasteiger partial charge is 0.408 e. The number of amides is 2. The second-order valence-corrected chi connectivity index (χ2v) is 10.5. The fraction of sp³-hybridized carbons (Fsp3) is 0.414. The summed E-state index contributed by atoms with van der Waals surface area (Å²) in [4.78, 5) is 32.1. The molecule has 0 saturated carbocycles. The highest BCUT2D eigenvalue weighted by atomic mass is 16.5. The van der Waals surface area contributed by atoms with E-state index in [1.54, 1.807) is 43.9 Å². The van der Waals surface area contributed by atoms with Gasteiger partial charge in [-0.05, 0) is 75.4 Å². The highest BCUT2D eigenvalue weighted by molar-refractivity contribution is 5.82. The molecule has 1 N–H and O–H groups in total. The number of ether oxygens (including phenoxy) is 1. The molecule has 0 unspecified atom stereocenters. The molecule has 0 saturated heterocycles. The van der Waals surface area contributed by atoms with Crippen molar-refractivity contribution >= 4 is 12.0 Å². The van der Waals surface area contributed by atoms with Crippen molar-refractivity contribution < 1.29 is 24.0 Å². The van der Waals surface area contributed by atoms with E-state index in [-0.39, 0.29) is 12.5 Å². The number of nitriles is 1. The number of fused-ring (bicyclic) bond motifs is 1. The minimum absolute atomic E-state index is 0.175. The zero-order valence-electron chi connectivity index (χ0n) is 22.7. The Balaban J connectivity index is 1.48. The Morgan fingerprint density at radius 3 is 2.51 bits per heavy atom. The van der Waals surface area contributed by atoms with Crippen LogP contribution in [-0.4, -0.2) is 68.8 Å². The SMILES string of the molecule is CCCOc1ccc(-c2nc(-c3ccc4c(c3)CCN(C(=O)CN(C(=O)O)C(C)(C)C)CC4)no2)cc1C#N. The van der Waals surface area contributed by atoms with Crippen molar-refractivity contribution in [2.45, 2.75) is 52.5 Å². The molecule has 0 spiro atoms. The van der Waals surface area contributed by atoms with Crippen molar-refractivity contribution in [3.05, 3.63) is 53.1 Å². The maximum atomic E-state index is 13.0. The molecule has 2 heterocycles. The highest BCUT2D eigenvalue weighted by Gasteiger charge is 2.30. The van der Waals surface area contributed by atoms with Crippen LogP contribution in [0.5, 0.6) is 5.75 Å². The Morgan fingerprint density at radius 2 is 1.85 bits per heavy atom. The monoisotopic (exact) mass is 531 g/mol. The minimum atomic E-state index is -1.11. The first-order valence-corrected chi connectivity index (χ1v) is 13.0. The first-order chi connectivity index (χ1) is 18.6. The first kappa shape index (κ1) is 27.6. The Kier molecular flexibility index (Phi) is 8.19. The number of carboxylic acid groups (broad SMARTS) is 1. The fourth-order valence-electron chi connectivity index (χ4n) is 4.49. The predicted molar refractivity (Wildman–Crippen MR) is 144 cm³/mol. The molecule has 0 radical (unpaired) electrons. The summed E-state index contributed by atoms with van der Waals surface area (Å²) in [7, 11) is 0. The van der Waals surface area contributed by atoms with Gasteiger partial charge in [-0.3, -0.25) is 9.69 Å². The van der Waals surface area contributed by atoms with Crippen LogP contribution in [-0.2, 0) is 17.6 Å². The van der Waals surface area contributed by atoms with Gasteiger partial charge >= 0.3 is 6.09 Å². The van der Waals surface area contributed by atoms with E-state index in [0.29, 0.717) is 61.1 Å². The standard InChI is InChI=1S/C29H33N5O5/c1-5-14-38-24-9-8-22(16-23(24)17-30)27-31-26(32-39-27)21-7-6-19-10-12-33(13-11-20(19)15-21)25(35)18-34(28(36)37)29(2,3)4/h6-9,15-16H,5,10-14,18H2,1-4H3,(H,36,37). The second-order valence-electron chi connectivity index (χ2n) is 10.5. The van der Waals surface area contributed by atoms with Crippen LogP contribution in [0.4, 0.5) is 4.79 Å². The van der Waals surface area contributed by atoms with E-state index in [1.807, 2.05) is 25.1 Å². The quantitative estimate of drug-likeness (QED) is 0.461. The summed E-state index contributed by atoms with van der Waals surface area (Å²) in [5, 5.41) is 23.2. The van der Waals surface area contributed by atoms with Gasteiger partial charge in [-0.2, -0.15) is 10.2 Å². The van der Waals surface area contributed by atoms with Gasteiger partial charge in [0.25, 0.3) is 5.89 Å². The summed E-state index contributed by atoms with van der Waals surface area (Å²) >= 11 is 0. The van der Waals surface area contributed by atoms with E-state index in [2.05, 4.69) is 16.2 Å². The lowest BCUT2D eigenvalue weighted by Crippen LogP contribution is -2.51. The maximum Gasteiger partial charge on any atom is 0.408 e. The Labute approximate surface area is 227 Å². The number of carbonyl (C=O) groups excluding carboxylic acids is 1. The van der Waals surface area contributed by atoms with Crippen molar-refractivity contribution in [1.29, 1.82) is 5.26 Å². The van der Waals surface area contributed by atoms with Crippen LogP contribution < -0.4 is 4.74 Å². The van der Waals surface area contributed by atoms with Crippen LogP contribution in [0.1, 0.15) is 50.8 Å². The third-order valence-corrected chi connectivity index (χ3v) is 6.69. The minimum Gasteiger partial charge on any atom is -0.492 e. The number of nitrogens with zero attached hydrogens (tertiary/aromatic N) is 5. The number of benzene rings is 2. The zero-order valence-corrected chi connectivity index (χ0v) is 22.7. The molecule has 204 valence electrons. The number of hydrogen-bond acceptors (Lipinski definition) is 7. The lowest BCUT2D eigenvalue weighted by molar-refractivity contribution is -0.133. The molecule has 10 heteroatoms. The van der Waals surface area contributed by atoms with Crippen LogP contribution in [0.15, 0.2) is 40.9 Å². The van der Waals surface area contributed by atoms with Crippen molar-refractivity contribution in [3.8, 4) is 34.7 Å². The van der Waals surface area contributed by atoms with Crippen LogP contribution in [0, 0.1) is 11.3 Å². The van der Waals surface area contributed by atoms with Crippen LogP contribution in [0.3, 0.4) is 0 Å². The fourth-order valence-corrected chi connectivity index (χ4v) is 4.49. The summed E-state index contributed by atoms with van der Waals surface area (Å²) in [5.41, 5.74) is 3.36. The largest absolute Gasteiger partial charge is 0.492 e. The molecular formula is C29H33N5O5. The van der Waals surface area contributed by atoms with Crippen LogP contribution >= 0.6 is 0 Å². The van der Waals surface area contributed by atoms with Crippen molar-refractivity contribution in [2.24, 2.45) is 0 Å². The molecular weight excluding hydrogens is 498 g/mol. The molecule has 0 bridgehead atoms. The molecule has 0 atom stereocenters. The van der Waals surface area contributed by atoms with Gasteiger partial charge in [-0.25, -0.2) is 4.79 Å². The lowest BCUT2D eigenvalue weighted by atomic mass is 10.00. The van der Waals surface area contributed by atoms with E-state index >= 15 is 0 Å². The molecule has 1 aliphatic heterocycles. The van der Waals surface area contributed by atoms with Crippen molar-refractivity contribution in [2.75, 3.05) is 26.2 Å². The van der Waals surface area contributed by atoms with E-state index < -0.39 is 11.6 Å². The van der Waals surface area contributed by atoms with Crippen molar-refractivity contribution in [1.82, 2.24) is 19.9 Å². The summed E-state index contributed by atoms with van der Waals surface area (Å²) in [5.74, 6) is 1.05. The molecule has 0 fully saturated rings. The molecule has 1 aromatic heterocycles. The van der Waals surface area contributed by atoms with Gasteiger partial charge in [0.1, 0.15) is 18.4 Å². The number of rotatable bonds is 7. The van der Waals surface area contributed by atoms with Gasteiger partial charge in [0.2, 0.25) is 11.7 Å². The number of carbonyl (C=O) groups is 2. The topological polar surface area (TPSA) is 133 Å². The summed E-state index contributed by atoms with van der Waals surface area (Å²) in [6.45, 7) is 8.69. The van der Waals surface area contributed by atoms with E-state index in [1.165, 1.54) is 4.90 Å². The average Bonchev–Trinajstić information content (AvgIpc) is 3.30. The Morgan fingerprint density at radius 1 is 1.13 bits per heavy atom. The molecule has 10 nitrogen and oxygen atoms in total. The second kappa shape index (κ2) is 11.6. The van der Waals surface area contributed by atoms with Gasteiger partial charge in [0.05, 0.1) is 12.2 Å². The maximum absolute atomic E-state index is 13.0. The van der Waals surface area contributed by atoms with Gasteiger partial charge in [0, 0.05) is 29.8 Å². The normalized spacial score (nSPS) is 13.3. The molecule has 1 aliphatic rings. The molecule has 0 aliphatic carbocycles. The molecule has 3 aromatic rings. The lowest BCUT2D eigenvalue weighted by Gasteiger charge is -2.34. The van der Waals surface area contributed by atoms with E-state index in [4.69, 9.17) is 9.26 Å². The molecule has 2 aromatic carbocycles. The van der Waals surface area contributed by atoms with E-state index in [0.717, 1.165) is 23.1 Å². The van der Waals surface area contributed by atoms with Crippen LogP contribution in [0.2, 0.25) is 0 Å². The molecule has 4 rings (SSSR count).